The van der Waals surface area contributed by atoms with Crippen LogP contribution in [0.2, 0.25) is 0 Å². The van der Waals surface area contributed by atoms with Crippen LogP contribution in [0.4, 0.5) is 11.4 Å². The van der Waals surface area contributed by atoms with E-state index in [4.69, 9.17) is 14.7 Å². The number of amides is 1. The lowest BCUT2D eigenvalue weighted by Gasteiger charge is -2.32. The summed E-state index contributed by atoms with van der Waals surface area (Å²) < 4.78 is 0. The minimum Gasteiger partial charge on any atom is -0.483 e. The van der Waals surface area contributed by atoms with Gasteiger partial charge in [-0.3, -0.25) is 48.3 Å². The first-order valence-corrected chi connectivity index (χ1v) is 16.0. The summed E-state index contributed by atoms with van der Waals surface area (Å²) in [6, 6.07) is 0. The molecule has 1 heterocycles. The molecule has 0 atom stereocenters. The normalized spacial score (nSPS) is 16.0. The molecule has 0 aliphatic carbocycles. The number of rotatable bonds is 18. The molecule has 6 N–H and O–H groups in total. The van der Waals surface area contributed by atoms with E-state index in [0.29, 0.717) is 70.5 Å². The SMILES string of the molecule is CCN1CCN(CC(=O)O)CCN(CC(=O)O)CCN(CC(=O)NOCCNc2c(NCCCCC(C)C)c(=O)c2=O)CC1.O=CO. The van der Waals surface area contributed by atoms with Gasteiger partial charge in [-0.15, -0.1) is 0 Å². The van der Waals surface area contributed by atoms with Crippen LogP contribution < -0.4 is 27.0 Å². The van der Waals surface area contributed by atoms with Crippen molar-refractivity contribution in [2.45, 2.75) is 40.0 Å². The third-order valence-corrected chi connectivity index (χ3v) is 7.57. The number of hydrogen-bond donors (Lipinski definition) is 6. The van der Waals surface area contributed by atoms with Crippen molar-refractivity contribution in [1.82, 2.24) is 25.1 Å². The van der Waals surface area contributed by atoms with E-state index >= 15 is 0 Å². The first-order valence-electron chi connectivity index (χ1n) is 16.0. The second kappa shape index (κ2) is 23.6. The molecule has 268 valence electrons. The highest BCUT2D eigenvalue weighted by molar-refractivity contribution is 5.77. The van der Waals surface area contributed by atoms with Crippen molar-refractivity contribution >= 4 is 35.7 Å². The molecule has 1 saturated heterocycles. The van der Waals surface area contributed by atoms with E-state index in [0.717, 1.165) is 25.8 Å². The molecule has 17 nitrogen and oxygen atoms in total. The van der Waals surface area contributed by atoms with Gasteiger partial charge in [-0.05, 0) is 18.9 Å². The number of carboxylic acid groups (broad SMARTS) is 3. The highest BCUT2D eigenvalue weighted by Gasteiger charge is 2.21. The number of nitrogens with one attached hydrogen (secondary N) is 3. The van der Waals surface area contributed by atoms with Crippen molar-refractivity contribution in [3.8, 4) is 0 Å². The van der Waals surface area contributed by atoms with E-state index in [9.17, 15) is 34.2 Å². The van der Waals surface area contributed by atoms with Crippen molar-refractivity contribution in [1.29, 1.82) is 0 Å². The van der Waals surface area contributed by atoms with E-state index < -0.39 is 22.8 Å². The maximum Gasteiger partial charge on any atom is 0.317 e. The fraction of sp³-hybridized carbons (Fsp3) is 0.733. The average Bonchev–Trinajstić information content (AvgIpc) is 3.00. The molecule has 0 radical (unpaired) electrons. The molecule has 0 spiro atoms. The van der Waals surface area contributed by atoms with Crippen molar-refractivity contribution in [2.24, 2.45) is 5.92 Å². The maximum atomic E-state index is 12.7. The molecular formula is C30H53N7O10. The average molecular weight is 672 g/mol. The Morgan fingerprint density at radius 3 is 1.62 bits per heavy atom. The highest BCUT2D eigenvalue weighted by Crippen LogP contribution is 2.14. The van der Waals surface area contributed by atoms with Crippen LogP contribution in [0.3, 0.4) is 0 Å². The van der Waals surface area contributed by atoms with E-state index in [1.54, 1.807) is 4.90 Å². The third kappa shape index (κ3) is 17.7. The van der Waals surface area contributed by atoms with E-state index in [1.807, 2.05) is 16.7 Å². The lowest BCUT2D eigenvalue weighted by Crippen LogP contribution is -2.49. The summed E-state index contributed by atoms with van der Waals surface area (Å²) in [6.45, 7) is 11.6. The minimum atomic E-state index is -0.974. The molecule has 17 heteroatoms. The molecule has 2 rings (SSSR count). The second-order valence-electron chi connectivity index (χ2n) is 11.7. The Bertz CT molecular complexity index is 1160. The van der Waals surface area contributed by atoms with Crippen LogP contribution in [0.25, 0.3) is 0 Å². The van der Waals surface area contributed by atoms with Crippen LogP contribution in [-0.2, 0) is 24.0 Å². The molecule has 1 aliphatic rings. The molecule has 1 amide bonds. The largest absolute Gasteiger partial charge is 0.483 e. The smallest absolute Gasteiger partial charge is 0.317 e. The van der Waals surface area contributed by atoms with Gasteiger partial charge in [0.1, 0.15) is 11.4 Å². The number of anilines is 2. The number of likely N-dealkylation sites (N-methyl/N-ethyl adjacent to an activating group) is 1. The molecule has 1 aliphatic heterocycles. The Balaban J connectivity index is 0.00000354. The number of carbonyl (C=O) groups is 4. The first kappa shape index (κ1) is 41.4. The molecule has 1 fully saturated rings. The van der Waals surface area contributed by atoms with Gasteiger partial charge in [0.25, 0.3) is 23.2 Å². The summed E-state index contributed by atoms with van der Waals surface area (Å²) in [5.41, 5.74) is 1.86. The number of carboxylic acids is 2. The molecule has 1 aromatic rings. The standard InChI is InChI=1S/C29H51N7O8.CH2O2/c1-4-33-10-12-34(14-15-36(21-25(40)41)17-16-35(13-11-33)20-24(38)39)19-23(37)32-44-18-9-31-27-26(28(42)29(27)43)30-8-6-5-7-22(2)3;2-1-3/h22,30-31H,4-21H2,1-3H3,(H,32,37)(H,38,39)(H,40,41);1H,(H,2,3). The first-order chi connectivity index (χ1) is 22.4. The van der Waals surface area contributed by atoms with Gasteiger partial charge in [-0.25, -0.2) is 5.48 Å². The lowest BCUT2D eigenvalue weighted by atomic mass is 10.1. The molecule has 0 aromatic heterocycles. The van der Waals surface area contributed by atoms with Crippen LogP contribution in [-0.4, -0.2) is 157 Å². The summed E-state index contributed by atoms with van der Waals surface area (Å²) in [7, 11) is 0. The van der Waals surface area contributed by atoms with E-state index in [2.05, 4.69) is 34.9 Å². The van der Waals surface area contributed by atoms with Crippen LogP contribution >= 0.6 is 0 Å². The zero-order valence-electron chi connectivity index (χ0n) is 27.9. The number of carbonyl (C=O) groups excluding carboxylic acids is 1. The highest BCUT2D eigenvalue weighted by atomic mass is 16.7. The van der Waals surface area contributed by atoms with Crippen molar-refractivity contribution < 1.29 is 39.3 Å². The minimum absolute atomic E-state index is 0.0417. The Labute approximate surface area is 275 Å². The molecule has 0 unspecified atom stereocenters. The molecule has 47 heavy (non-hydrogen) atoms. The fourth-order valence-corrected chi connectivity index (χ4v) is 4.97. The van der Waals surface area contributed by atoms with Crippen LogP contribution in [0, 0.1) is 5.92 Å². The summed E-state index contributed by atoms with van der Waals surface area (Å²) in [5, 5.41) is 31.5. The number of hydroxylamine groups is 1. The summed E-state index contributed by atoms with van der Waals surface area (Å²) in [5.74, 6) is -1.64. The van der Waals surface area contributed by atoms with E-state index in [1.165, 1.54) is 0 Å². The number of unbranched alkanes of at least 4 members (excludes halogenated alkanes) is 1. The van der Waals surface area contributed by atoms with Crippen LogP contribution in [0.1, 0.15) is 40.0 Å². The molecular weight excluding hydrogens is 618 g/mol. The summed E-state index contributed by atoms with van der Waals surface area (Å²) in [6.07, 6.45) is 3.05. The molecule has 1 aromatic carbocycles. The van der Waals surface area contributed by atoms with Gasteiger partial charge in [-0.1, -0.05) is 33.6 Å². The fourth-order valence-electron chi connectivity index (χ4n) is 4.97. The molecule has 0 saturated carbocycles. The maximum absolute atomic E-state index is 12.7. The van der Waals surface area contributed by atoms with Gasteiger partial charge >= 0.3 is 11.9 Å². The Hall–Kier alpha value is -3.64. The predicted octanol–water partition coefficient (Wildman–Crippen LogP) is -0.908. The third-order valence-electron chi connectivity index (χ3n) is 7.57. The van der Waals surface area contributed by atoms with Crippen molar-refractivity contribution in [3.05, 3.63) is 20.4 Å². The van der Waals surface area contributed by atoms with Gasteiger partial charge in [0, 0.05) is 65.4 Å². The van der Waals surface area contributed by atoms with Gasteiger partial charge < -0.3 is 30.9 Å². The van der Waals surface area contributed by atoms with E-state index in [-0.39, 0.29) is 50.9 Å². The second-order valence-corrected chi connectivity index (χ2v) is 11.7. The topological polar surface area (TPSA) is 221 Å². The van der Waals surface area contributed by atoms with Gasteiger partial charge in [0.15, 0.2) is 0 Å². The summed E-state index contributed by atoms with van der Waals surface area (Å²) in [4.78, 5) is 80.7. The Kier molecular flexibility index (Phi) is 20.8. The Morgan fingerprint density at radius 1 is 0.766 bits per heavy atom. The number of hydrogen-bond acceptors (Lipinski definition) is 13. The van der Waals surface area contributed by atoms with Crippen molar-refractivity contribution in [3.63, 3.8) is 0 Å². The van der Waals surface area contributed by atoms with Gasteiger partial charge in [0.05, 0.1) is 26.2 Å². The van der Waals surface area contributed by atoms with Crippen LogP contribution in [0.15, 0.2) is 9.59 Å². The van der Waals surface area contributed by atoms with Gasteiger partial charge in [-0.2, -0.15) is 0 Å². The lowest BCUT2D eigenvalue weighted by molar-refractivity contribution is -0.140. The van der Waals surface area contributed by atoms with Crippen molar-refractivity contribution in [2.75, 3.05) is 109 Å². The van der Waals surface area contributed by atoms with Crippen LogP contribution in [0.5, 0.6) is 0 Å². The zero-order chi connectivity index (χ0) is 35.2. The monoisotopic (exact) mass is 671 g/mol. The zero-order valence-corrected chi connectivity index (χ0v) is 27.9. The predicted molar refractivity (Wildman–Crippen MR) is 177 cm³/mol. The van der Waals surface area contributed by atoms with Gasteiger partial charge in [0.2, 0.25) is 0 Å². The Morgan fingerprint density at radius 2 is 1.19 bits per heavy atom. The number of nitrogens with zero attached hydrogens (tertiary/aromatic N) is 4. The summed E-state index contributed by atoms with van der Waals surface area (Å²) >= 11 is 0. The molecule has 0 bridgehead atoms. The quantitative estimate of drug-likeness (QED) is 0.0481. The number of aliphatic carboxylic acids is 2.